The molecule has 7 heteroatoms. The number of nitrogens with zero attached hydrogens (tertiary/aromatic N) is 2. The Morgan fingerprint density at radius 1 is 1.47 bits per heavy atom. The number of nitrogens with one attached hydrogen (secondary N) is 1. The van der Waals surface area contributed by atoms with Gasteiger partial charge in [0.2, 0.25) is 5.78 Å². The summed E-state index contributed by atoms with van der Waals surface area (Å²) >= 11 is 0. The van der Waals surface area contributed by atoms with Gasteiger partial charge in [-0.2, -0.15) is 5.10 Å². The number of aromatic nitrogens is 2. The minimum absolute atomic E-state index is 0.0114. The number of carboxylic acids is 1. The van der Waals surface area contributed by atoms with Crippen LogP contribution in [0.2, 0.25) is 0 Å². The fraction of sp³-hybridized carbons (Fsp3) is 0.250. The van der Waals surface area contributed by atoms with Crippen LogP contribution in [0.3, 0.4) is 0 Å². The lowest BCUT2D eigenvalue weighted by Crippen LogP contribution is -2.22. The summed E-state index contributed by atoms with van der Waals surface area (Å²) in [6, 6.07) is 0. The molecule has 0 aromatic carbocycles. The number of aromatic carboxylic acids is 1. The second-order valence-electron chi connectivity index (χ2n) is 2.85. The Balaban J connectivity index is 3.03. The van der Waals surface area contributed by atoms with Crippen LogP contribution in [-0.4, -0.2) is 32.5 Å². The first-order valence-corrected chi connectivity index (χ1v) is 4.00. The number of Topliss-reactive ketones (excluding diaryl/α,β-unsaturated/α-hetero) is 1. The van der Waals surface area contributed by atoms with E-state index < -0.39 is 17.7 Å². The van der Waals surface area contributed by atoms with Crippen molar-refractivity contribution < 1.29 is 19.5 Å². The van der Waals surface area contributed by atoms with E-state index in [4.69, 9.17) is 5.11 Å². The zero-order valence-electron chi connectivity index (χ0n) is 8.14. The molecule has 0 bridgehead atoms. The molecule has 1 aromatic rings. The molecule has 0 aliphatic carbocycles. The third kappa shape index (κ3) is 2.19. The molecule has 0 saturated heterocycles. The highest BCUT2D eigenvalue weighted by Gasteiger charge is 2.18. The number of carbonyl (C=O) groups excluding carboxylic acids is 2. The third-order valence-corrected chi connectivity index (χ3v) is 1.72. The van der Waals surface area contributed by atoms with Gasteiger partial charge in [-0.05, 0) is 0 Å². The number of hydrogen-bond donors (Lipinski definition) is 2. The molecule has 0 unspecified atom stereocenters. The van der Waals surface area contributed by atoms with Gasteiger partial charge in [-0.1, -0.05) is 0 Å². The zero-order chi connectivity index (χ0) is 11.6. The van der Waals surface area contributed by atoms with E-state index in [0.717, 1.165) is 13.1 Å². The number of hydrogen-bond acceptors (Lipinski definition) is 4. The van der Waals surface area contributed by atoms with E-state index in [-0.39, 0.29) is 11.4 Å². The molecule has 0 spiro atoms. The minimum atomic E-state index is -1.22. The van der Waals surface area contributed by atoms with Crippen LogP contribution in [0, 0.1) is 0 Å². The number of carboxylic acid groups (broad SMARTS) is 1. The van der Waals surface area contributed by atoms with E-state index in [1.54, 1.807) is 0 Å². The normalized spacial score (nSPS) is 9.73. The van der Waals surface area contributed by atoms with Gasteiger partial charge in [0.05, 0.1) is 6.20 Å². The van der Waals surface area contributed by atoms with Crippen molar-refractivity contribution >= 4 is 23.5 Å². The maximum atomic E-state index is 11.0. The van der Waals surface area contributed by atoms with Gasteiger partial charge in [0, 0.05) is 14.0 Å². The molecule has 0 atom stereocenters. The summed E-state index contributed by atoms with van der Waals surface area (Å²) in [5, 5.41) is 14.6. The van der Waals surface area contributed by atoms with Gasteiger partial charge in [0.1, 0.15) is 11.4 Å². The summed E-state index contributed by atoms with van der Waals surface area (Å²) in [4.78, 5) is 32.4. The highest BCUT2D eigenvalue weighted by molar-refractivity contribution is 6.39. The summed E-state index contributed by atoms with van der Waals surface area (Å²) in [5.41, 5.74) is -0.160. The summed E-state index contributed by atoms with van der Waals surface area (Å²) in [6.07, 6.45) is 1.10. The van der Waals surface area contributed by atoms with Gasteiger partial charge in [-0.25, -0.2) is 4.79 Å². The second-order valence-corrected chi connectivity index (χ2v) is 2.85. The van der Waals surface area contributed by atoms with Crippen molar-refractivity contribution in [2.45, 2.75) is 6.92 Å². The van der Waals surface area contributed by atoms with Gasteiger partial charge in [0.15, 0.2) is 0 Å². The number of carbonyl (C=O) groups is 3. The van der Waals surface area contributed by atoms with Crippen molar-refractivity contribution in [2.75, 3.05) is 5.32 Å². The van der Waals surface area contributed by atoms with Crippen LogP contribution in [0.5, 0.6) is 0 Å². The van der Waals surface area contributed by atoms with Crippen molar-refractivity contribution in [2.24, 2.45) is 7.05 Å². The fourth-order valence-electron chi connectivity index (χ4n) is 0.938. The molecule has 2 N–H and O–H groups in total. The van der Waals surface area contributed by atoms with Crippen molar-refractivity contribution in [3.05, 3.63) is 11.8 Å². The molecule has 0 aliphatic heterocycles. The Morgan fingerprint density at radius 3 is 2.53 bits per heavy atom. The van der Waals surface area contributed by atoms with E-state index in [2.05, 4.69) is 10.4 Å². The van der Waals surface area contributed by atoms with Crippen LogP contribution in [0.25, 0.3) is 0 Å². The lowest BCUT2D eigenvalue weighted by molar-refractivity contribution is -0.133. The molecule has 0 aliphatic rings. The van der Waals surface area contributed by atoms with Crippen LogP contribution in [0.4, 0.5) is 5.82 Å². The zero-order valence-corrected chi connectivity index (χ0v) is 8.14. The largest absolute Gasteiger partial charge is 0.477 e. The Kier molecular flexibility index (Phi) is 2.84. The molecular formula is C8H9N3O4. The molecule has 80 valence electrons. The minimum Gasteiger partial charge on any atom is -0.477 e. The van der Waals surface area contributed by atoms with E-state index in [1.807, 2.05) is 0 Å². The van der Waals surface area contributed by atoms with Crippen LogP contribution in [-0.2, 0) is 16.6 Å². The molecule has 1 amide bonds. The molecule has 7 nitrogen and oxygen atoms in total. The van der Waals surface area contributed by atoms with Crippen LogP contribution in [0.15, 0.2) is 6.20 Å². The highest BCUT2D eigenvalue weighted by Crippen LogP contribution is 2.13. The Hall–Kier alpha value is -2.18. The maximum Gasteiger partial charge on any atom is 0.341 e. The first kappa shape index (κ1) is 10.9. The molecule has 0 fully saturated rings. The highest BCUT2D eigenvalue weighted by atomic mass is 16.4. The number of aryl methyl sites for hydroxylation is 1. The van der Waals surface area contributed by atoms with E-state index in [0.29, 0.717) is 0 Å². The number of anilines is 1. The Bertz CT molecular complexity index is 435. The van der Waals surface area contributed by atoms with Gasteiger partial charge in [0.25, 0.3) is 5.91 Å². The summed E-state index contributed by atoms with van der Waals surface area (Å²) in [7, 11) is 1.46. The molecule has 1 heterocycles. The Labute approximate surface area is 84.7 Å². The van der Waals surface area contributed by atoms with Crippen LogP contribution in [0.1, 0.15) is 17.3 Å². The Morgan fingerprint density at radius 2 is 2.07 bits per heavy atom. The fourth-order valence-corrected chi connectivity index (χ4v) is 0.938. The summed E-state index contributed by atoms with van der Waals surface area (Å²) in [5.74, 6) is -2.81. The first-order valence-electron chi connectivity index (χ1n) is 4.00. The lowest BCUT2D eigenvalue weighted by Gasteiger charge is -2.03. The number of rotatable bonds is 3. The van der Waals surface area contributed by atoms with Crippen molar-refractivity contribution in [1.29, 1.82) is 0 Å². The number of amides is 1. The number of ketones is 1. The second kappa shape index (κ2) is 3.91. The summed E-state index contributed by atoms with van der Waals surface area (Å²) < 4.78 is 1.17. The topological polar surface area (TPSA) is 101 Å². The maximum absolute atomic E-state index is 11.0. The predicted octanol–water partition coefficient (Wildman–Crippen LogP) is -0.354. The predicted molar refractivity (Wildman–Crippen MR) is 49.5 cm³/mol. The van der Waals surface area contributed by atoms with Crippen LogP contribution < -0.4 is 5.32 Å². The molecule has 15 heavy (non-hydrogen) atoms. The monoisotopic (exact) mass is 211 g/mol. The average molecular weight is 211 g/mol. The quantitative estimate of drug-likeness (QED) is 0.665. The van der Waals surface area contributed by atoms with Crippen molar-refractivity contribution in [1.82, 2.24) is 9.78 Å². The van der Waals surface area contributed by atoms with Crippen LogP contribution >= 0.6 is 0 Å². The standard InChI is InChI=1S/C8H9N3O4/c1-4(12)7(13)10-6-5(8(14)15)3-9-11(6)2/h3H,1-2H3,(H,10,13)(H,14,15). The molecular weight excluding hydrogens is 202 g/mol. The van der Waals surface area contributed by atoms with Gasteiger partial charge >= 0.3 is 5.97 Å². The van der Waals surface area contributed by atoms with E-state index in [1.165, 1.54) is 11.7 Å². The SMILES string of the molecule is CC(=O)C(=O)Nc1c(C(=O)O)cnn1C. The van der Waals surface area contributed by atoms with E-state index in [9.17, 15) is 14.4 Å². The molecule has 1 aromatic heterocycles. The molecule has 0 saturated carbocycles. The van der Waals surface area contributed by atoms with Gasteiger partial charge < -0.3 is 10.4 Å². The molecule has 1 rings (SSSR count). The smallest absolute Gasteiger partial charge is 0.341 e. The molecule has 0 radical (unpaired) electrons. The van der Waals surface area contributed by atoms with Crippen molar-refractivity contribution in [3.8, 4) is 0 Å². The van der Waals surface area contributed by atoms with Gasteiger partial charge in [-0.3, -0.25) is 14.3 Å². The third-order valence-electron chi connectivity index (χ3n) is 1.72. The van der Waals surface area contributed by atoms with Gasteiger partial charge in [-0.15, -0.1) is 0 Å². The lowest BCUT2D eigenvalue weighted by atomic mass is 10.3. The summed E-state index contributed by atoms with van der Waals surface area (Å²) in [6.45, 7) is 1.09. The van der Waals surface area contributed by atoms with E-state index >= 15 is 0 Å². The first-order chi connectivity index (χ1) is 6.93. The average Bonchev–Trinajstić information content (AvgIpc) is 2.48. The van der Waals surface area contributed by atoms with Crippen molar-refractivity contribution in [3.63, 3.8) is 0 Å².